The first-order valence-corrected chi connectivity index (χ1v) is 7.91. The maximum absolute atomic E-state index is 12.2. The van der Waals surface area contributed by atoms with Crippen LogP contribution in [0.15, 0.2) is 5.16 Å². The van der Waals surface area contributed by atoms with Crippen LogP contribution in [0.25, 0.3) is 0 Å². The van der Waals surface area contributed by atoms with E-state index in [0.29, 0.717) is 11.3 Å². The Morgan fingerprint density at radius 3 is 2.90 bits per heavy atom. The van der Waals surface area contributed by atoms with Gasteiger partial charge in [-0.3, -0.25) is 15.2 Å². The minimum Gasteiger partial charge on any atom is -0.468 e. The maximum atomic E-state index is 12.2. The van der Waals surface area contributed by atoms with Crippen molar-refractivity contribution in [1.29, 1.82) is 0 Å². The molecule has 7 heteroatoms. The summed E-state index contributed by atoms with van der Waals surface area (Å²) in [5.41, 5.74) is -0.501. The number of rotatable bonds is 5. The molecule has 6 nitrogen and oxygen atoms in total. The van der Waals surface area contributed by atoms with Gasteiger partial charge in [-0.15, -0.1) is 5.10 Å². The molecule has 1 aromatic rings. The molecule has 0 spiro atoms. The lowest BCUT2D eigenvalue weighted by Gasteiger charge is -2.27. The van der Waals surface area contributed by atoms with E-state index in [-0.39, 0.29) is 5.97 Å². The first kappa shape index (κ1) is 13.9. The summed E-state index contributed by atoms with van der Waals surface area (Å²) >= 11 is 1.65. The van der Waals surface area contributed by atoms with Gasteiger partial charge in [-0.05, 0) is 39.0 Å². The van der Waals surface area contributed by atoms with Gasteiger partial charge in [0.15, 0.2) is 0 Å². The second-order valence-corrected chi connectivity index (χ2v) is 6.95. The highest BCUT2D eigenvalue weighted by Crippen LogP contribution is 2.41. The smallest absolute Gasteiger partial charge is 0.326 e. The summed E-state index contributed by atoms with van der Waals surface area (Å²) in [6.07, 6.45) is 4.92. The van der Waals surface area contributed by atoms with Crippen molar-refractivity contribution >= 4 is 17.7 Å². The number of aromatic nitrogens is 3. The van der Waals surface area contributed by atoms with Crippen LogP contribution in [0.1, 0.15) is 37.9 Å². The van der Waals surface area contributed by atoms with Crippen molar-refractivity contribution in [2.75, 3.05) is 7.11 Å². The van der Waals surface area contributed by atoms with E-state index in [9.17, 15) is 4.79 Å². The Morgan fingerprint density at radius 1 is 1.50 bits per heavy atom. The van der Waals surface area contributed by atoms with Crippen molar-refractivity contribution in [1.82, 2.24) is 20.5 Å². The van der Waals surface area contributed by atoms with Gasteiger partial charge in [-0.1, -0.05) is 11.8 Å². The number of carbonyl (C=O) groups is 1. The Kier molecular flexibility index (Phi) is 3.72. The third kappa shape index (κ3) is 2.83. The summed E-state index contributed by atoms with van der Waals surface area (Å²) in [7, 11) is 1.47. The predicted octanol–water partition coefficient (Wildman–Crippen LogP) is 1.42. The molecule has 3 rings (SSSR count). The quantitative estimate of drug-likeness (QED) is 0.800. The number of esters is 1. The Morgan fingerprint density at radius 2 is 2.30 bits per heavy atom. The second-order valence-electron chi connectivity index (χ2n) is 5.68. The molecular weight excluding hydrogens is 276 g/mol. The van der Waals surface area contributed by atoms with Gasteiger partial charge in [0.2, 0.25) is 5.16 Å². The molecule has 1 heterocycles. The molecule has 110 valence electrons. The van der Waals surface area contributed by atoms with Crippen LogP contribution in [0.5, 0.6) is 0 Å². The fourth-order valence-corrected chi connectivity index (χ4v) is 4.00. The maximum Gasteiger partial charge on any atom is 0.326 e. The standard InChI is InChI=1S/C13H20N4O2S/c1-8-14-12(17-16-8)20-10-5-6-13(7-10,11(18)19-2)15-9-3-4-9/h9-10,15H,3-7H2,1-2H3,(H,14,16,17). The number of aromatic amines is 1. The van der Waals surface area contributed by atoms with Crippen LogP contribution < -0.4 is 5.32 Å². The molecule has 2 saturated carbocycles. The number of thioether (sulfide) groups is 1. The van der Waals surface area contributed by atoms with Crippen molar-refractivity contribution in [2.45, 2.75) is 61.0 Å². The minimum absolute atomic E-state index is 0.126. The molecule has 0 amide bonds. The Labute approximate surface area is 122 Å². The molecule has 0 aliphatic heterocycles. The lowest BCUT2D eigenvalue weighted by atomic mass is 9.97. The van der Waals surface area contributed by atoms with Crippen molar-refractivity contribution in [2.24, 2.45) is 0 Å². The SMILES string of the molecule is COC(=O)C1(NC2CC2)CCC(Sc2n[nH]c(C)n2)C1. The first-order chi connectivity index (χ1) is 9.61. The second kappa shape index (κ2) is 5.37. The van der Waals surface area contributed by atoms with Crippen molar-refractivity contribution < 1.29 is 9.53 Å². The molecule has 2 aliphatic rings. The van der Waals surface area contributed by atoms with Crippen LogP contribution in [0, 0.1) is 6.92 Å². The molecule has 0 saturated heterocycles. The number of ether oxygens (including phenoxy) is 1. The Bertz CT molecular complexity index is 502. The molecule has 2 unspecified atom stereocenters. The zero-order valence-corrected chi connectivity index (χ0v) is 12.6. The largest absolute Gasteiger partial charge is 0.468 e. The lowest BCUT2D eigenvalue weighted by molar-refractivity contribution is -0.148. The first-order valence-electron chi connectivity index (χ1n) is 7.03. The number of carbonyl (C=O) groups excluding carboxylic acids is 1. The summed E-state index contributed by atoms with van der Waals surface area (Å²) in [6, 6.07) is 0.489. The van der Waals surface area contributed by atoms with E-state index < -0.39 is 5.54 Å². The molecule has 0 radical (unpaired) electrons. The van der Waals surface area contributed by atoms with Crippen LogP contribution in [0.3, 0.4) is 0 Å². The van der Waals surface area contributed by atoms with Gasteiger partial charge in [0, 0.05) is 11.3 Å². The van der Waals surface area contributed by atoms with E-state index >= 15 is 0 Å². The van der Waals surface area contributed by atoms with E-state index in [1.165, 1.54) is 7.11 Å². The predicted molar refractivity (Wildman–Crippen MR) is 75.5 cm³/mol. The fourth-order valence-electron chi connectivity index (χ4n) is 2.81. The van der Waals surface area contributed by atoms with Crippen LogP contribution in [0.4, 0.5) is 0 Å². The number of hydrogen-bond acceptors (Lipinski definition) is 6. The molecular formula is C13H20N4O2S. The third-order valence-corrected chi connectivity index (χ3v) is 5.08. The highest BCUT2D eigenvalue weighted by molar-refractivity contribution is 7.99. The Hall–Kier alpha value is -1.08. The molecule has 1 aromatic heterocycles. The molecule has 2 aliphatic carbocycles. The topological polar surface area (TPSA) is 79.9 Å². The van der Waals surface area contributed by atoms with Crippen LogP contribution in [0.2, 0.25) is 0 Å². The number of nitrogens with one attached hydrogen (secondary N) is 2. The summed E-state index contributed by atoms with van der Waals surface area (Å²) in [6.45, 7) is 1.89. The van der Waals surface area contributed by atoms with E-state index in [1.807, 2.05) is 6.92 Å². The van der Waals surface area contributed by atoms with Crippen molar-refractivity contribution in [3.63, 3.8) is 0 Å². The molecule has 20 heavy (non-hydrogen) atoms. The van der Waals surface area contributed by atoms with Gasteiger partial charge in [-0.2, -0.15) is 0 Å². The number of methoxy groups -OCH3 is 1. The summed E-state index contributed by atoms with van der Waals surface area (Å²) < 4.78 is 5.02. The molecule has 0 bridgehead atoms. The van der Waals surface area contributed by atoms with Crippen LogP contribution in [-0.2, 0) is 9.53 Å². The molecule has 2 atom stereocenters. The third-order valence-electron chi connectivity index (χ3n) is 3.95. The molecule has 2 fully saturated rings. The van der Waals surface area contributed by atoms with Crippen LogP contribution in [-0.4, -0.2) is 45.1 Å². The highest BCUT2D eigenvalue weighted by atomic mass is 32.2. The fraction of sp³-hybridized carbons (Fsp3) is 0.769. The van der Waals surface area contributed by atoms with E-state index in [0.717, 1.165) is 43.1 Å². The van der Waals surface area contributed by atoms with Gasteiger partial charge in [0.1, 0.15) is 11.4 Å². The number of H-pyrrole nitrogens is 1. The van der Waals surface area contributed by atoms with Crippen molar-refractivity contribution in [3.05, 3.63) is 5.82 Å². The monoisotopic (exact) mass is 296 g/mol. The number of hydrogen-bond donors (Lipinski definition) is 2. The van der Waals surface area contributed by atoms with E-state index in [2.05, 4.69) is 20.5 Å². The summed E-state index contributed by atoms with van der Waals surface area (Å²) in [5.74, 6) is 0.694. The van der Waals surface area contributed by atoms with Gasteiger partial charge in [0.05, 0.1) is 7.11 Å². The zero-order chi connectivity index (χ0) is 14.2. The molecule has 0 aromatic carbocycles. The van der Waals surface area contributed by atoms with Gasteiger partial charge >= 0.3 is 5.97 Å². The highest BCUT2D eigenvalue weighted by Gasteiger charge is 2.49. The van der Waals surface area contributed by atoms with Gasteiger partial charge < -0.3 is 4.74 Å². The average molecular weight is 296 g/mol. The van der Waals surface area contributed by atoms with Gasteiger partial charge in [0.25, 0.3) is 0 Å². The normalized spacial score (nSPS) is 29.6. The van der Waals surface area contributed by atoms with Gasteiger partial charge in [-0.25, -0.2) is 4.98 Å². The summed E-state index contributed by atoms with van der Waals surface area (Å²) in [5, 5.41) is 11.6. The number of nitrogens with zero attached hydrogens (tertiary/aromatic N) is 2. The van der Waals surface area contributed by atoms with E-state index in [1.54, 1.807) is 11.8 Å². The van der Waals surface area contributed by atoms with Crippen molar-refractivity contribution in [3.8, 4) is 0 Å². The van der Waals surface area contributed by atoms with E-state index in [4.69, 9.17) is 4.74 Å². The number of aryl methyl sites for hydroxylation is 1. The average Bonchev–Trinajstić information content (AvgIpc) is 3.00. The summed E-state index contributed by atoms with van der Waals surface area (Å²) in [4.78, 5) is 16.5. The lowest BCUT2D eigenvalue weighted by Crippen LogP contribution is -2.52. The molecule has 2 N–H and O–H groups in total. The minimum atomic E-state index is -0.501. The zero-order valence-electron chi connectivity index (χ0n) is 11.8. The van der Waals surface area contributed by atoms with Crippen LogP contribution >= 0.6 is 11.8 Å². The Balaban J connectivity index is 1.66.